The molecule has 0 spiro atoms. The van der Waals surface area contributed by atoms with Crippen molar-refractivity contribution in [1.82, 2.24) is 0 Å². The van der Waals surface area contributed by atoms with E-state index in [2.05, 4.69) is 6.92 Å². The lowest BCUT2D eigenvalue weighted by atomic mass is 10.3. The second-order valence-corrected chi connectivity index (χ2v) is 5.00. The van der Waals surface area contributed by atoms with E-state index in [4.69, 9.17) is 23.7 Å². The van der Waals surface area contributed by atoms with Gasteiger partial charge in [-0.1, -0.05) is 13.3 Å². The Morgan fingerprint density at radius 3 is 2.36 bits per heavy atom. The molecule has 1 heterocycles. The van der Waals surface area contributed by atoms with Crippen LogP contribution < -0.4 is 14.2 Å². The number of fused-ring (bicyclic) bond motifs is 1. The quantitative estimate of drug-likeness (QED) is 0.670. The van der Waals surface area contributed by atoms with Crippen LogP contribution in [-0.2, 0) is 9.47 Å². The summed E-state index contributed by atoms with van der Waals surface area (Å²) in [4.78, 5) is 0. The standard InChI is InChI=1S/C16H24O6/c1-3-4-5-18-6-7-19-8-9-20-14-11-16-15(10-13(14)17)21-12(2)22-16/h10-12,17H,3-9H2,1-2H3. The van der Waals surface area contributed by atoms with Crippen molar-refractivity contribution in [3.63, 3.8) is 0 Å². The van der Waals surface area contributed by atoms with Gasteiger partial charge in [0.1, 0.15) is 6.61 Å². The van der Waals surface area contributed by atoms with Crippen LogP contribution >= 0.6 is 0 Å². The molecule has 0 saturated carbocycles. The molecule has 0 aromatic heterocycles. The molecule has 0 saturated heterocycles. The van der Waals surface area contributed by atoms with Crippen molar-refractivity contribution in [3.05, 3.63) is 12.1 Å². The molecule has 6 nitrogen and oxygen atoms in total. The third-order valence-electron chi connectivity index (χ3n) is 3.11. The fourth-order valence-corrected chi connectivity index (χ4v) is 1.99. The Kier molecular flexibility index (Phi) is 6.61. The van der Waals surface area contributed by atoms with Gasteiger partial charge in [0.2, 0.25) is 6.29 Å². The SMILES string of the molecule is CCCCOCCOCCOc1cc2c(cc1O)OC(C)O2. The lowest BCUT2D eigenvalue weighted by molar-refractivity contribution is 0.0352. The van der Waals surface area contributed by atoms with Gasteiger partial charge in [-0.25, -0.2) is 0 Å². The van der Waals surface area contributed by atoms with Crippen molar-refractivity contribution in [2.24, 2.45) is 0 Å². The van der Waals surface area contributed by atoms with E-state index in [1.165, 1.54) is 6.07 Å². The molecule has 22 heavy (non-hydrogen) atoms. The normalized spacial score (nSPS) is 16.0. The third-order valence-corrected chi connectivity index (χ3v) is 3.11. The molecule has 0 aliphatic carbocycles. The van der Waals surface area contributed by atoms with Crippen LogP contribution in [0.3, 0.4) is 0 Å². The van der Waals surface area contributed by atoms with Crippen LogP contribution in [0.15, 0.2) is 12.1 Å². The van der Waals surface area contributed by atoms with Crippen LogP contribution in [0.1, 0.15) is 26.7 Å². The monoisotopic (exact) mass is 312 g/mol. The first kappa shape index (κ1) is 16.7. The summed E-state index contributed by atoms with van der Waals surface area (Å²) in [5, 5.41) is 9.86. The van der Waals surface area contributed by atoms with E-state index in [0.29, 0.717) is 43.7 Å². The van der Waals surface area contributed by atoms with Gasteiger partial charge in [0.05, 0.1) is 19.8 Å². The lowest BCUT2D eigenvalue weighted by Crippen LogP contribution is -2.11. The average molecular weight is 312 g/mol. The molecule has 0 radical (unpaired) electrons. The van der Waals surface area contributed by atoms with Crippen LogP contribution in [0.2, 0.25) is 0 Å². The first-order chi connectivity index (χ1) is 10.7. The van der Waals surface area contributed by atoms with E-state index >= 15 is 0 Å². The lowest BCUT2D eigenvalue weighted by Gasteiger charge is -2.09. The average Bonchev–Trinajstić information content (AvgIpc) is 2.84. The van der Waals surface area contributed by atoms with Gasteiger partial charge in [0.25, 0.3) is 0 Å². The smallest absolute Gasteiger partial charge is 0.238 e. The summed E-state index contributed by atoms with van der Waals surface area (Å²) in [6.07, 6.45) is 1.86. The largest absolute Gasteiger partial charge is 0.504 e. The van der Waals surface area contributed by atoms with E-state index in [9.17, 15) is 5.11 Å². The Balaban J connectivity index is 1.63. The Morgan fingerprint density at radius 2 is 1.64 bits per heavy atom. The molecule has 0 bridgehead atoms. The number of aromatic hydroxyl groups is 1. The maximum Gasteiger partial charge on any atom is 0.238 e. The van der Waals surface area contributed by atoms with Crippen molar-refractivity contribution in [3.8, 4) is 23.0 Å². The number of hydrogen-bond acceptors (Lipinski definition) is 6. The number of hydrogen-bond donors (Lipinski definition) is 1. The molecular formula is C16H24O6. The van der Waals surface area contributed by atoms with Gasteiger partial charge in [-0.2, -0.15) is 0 Å². The van der Waals surface area contributed by atoms with E-state index in [1.807, 2.05) is 0 Å². The number of unbranched alkanes of at least 4 members (excludes halogenated alkanes) is 1. The van der Waals surface area contributed by atoms with E-state index in [0.717, 1.165) is 19.4 Å². The first-order valence-electron chi connectivity index (χ1n) is 7.69. The number of phenols is 1. The van der Waals surface area contributed by atoms with Crippen LogP contribution in [-0.4, -0.2) is 44.4 Å². The van der Waals surface area contributed by atoms with Crippen LogP contribution in [0.5, 0.6) is 23.0 Å². The number of benzene rings is 1. The van der Waals surface area contributed by atoms with Gasteiger partial charge in [0.15, 0.2) is 23.0 Å². The molecule has 1 aromatic rings. The second-order valence-electron chi connectivity index (χ2n) is 5.00. The first-order valence-corrected chi connectivity index (χ1v) is 7.69. The van der Waals surface area contributed by atoms with Crippen molar-refractivity contribution < 1.29 is 28.8 Å². The molecule has 124 valence electrons. The van der Waals surface area contributed by atoms with E-state index < -0.39 is 0 Å². The number of phenolic OH excluding ortho intramolecular Hbond substituents is 1. The summed E-state index contributed by atoms with van der Waals surface area (Å²) < 4.78 is 27.1. The highest BCUT2D eigenvalue weighted by molar-refractivity contribution is 5.54. The Hall–Kier alpha value is -1.66. The summed E-state index contributed by atoms with van der Waals surface area (Å²) in [6.45, 7) is 6.60. The third kappa shape index (κ3) is 4.96. The molecule has 1 aromatic carbocycles. The molecule has 6 heteroatoms. The Morgan fingerprint density at radius 1 is 1.00 bits per heavy atom. The molecular weight excluding hydrogens is 288 g/mol. The van der Waals surface area contributed by atoms with Gasteiger partial charge in [-0.15, -0.1) is 0 Å². The zero-order valence-corrected chi connectivity index (χ0v) is 13.2. The highest BCUT2D eigenvalue weighted by Gasteiger charge is 2.22. The maximum absolute atomic E-state index is 9.86. The molecule has 1 N–H and O–H groups in total. The summed E-state index contributed by atoms with van der Waals surface area (Å²) in [6, 6.07) is 3.12. The topological polar surface area (TPSA) is 66.4 Å². The van der Waals surface area contributed by atoms with Crippen molar-refractivity contribution in [1.29, 1.82) is 0 Å². The Bertz CT molecular complexity index is 462. The van der Waals surface area contributed by atoms with Gasteiger partial charge in [-0.05, 0) is 6.42 Å². The highest BCUT2D eigenvalue weighted by atomic mass is 16.7. The zero-order chi connectivity index (χ0) is 15.8. The minimum absolute atomic E-state index is 0.0272. The zero-order valence-electron chi connectivity index (χ0n) is 13.2. The van der Waals surface area contributed by atoms with Gasteiger partial charge in [0, 0.05) is 25.7 Å². The Labute approximate surface area is 130 Å². The predicted molar refractivity (Wildman–Crippen MR) is 80.9 cm³/mol. The molecule has 1 aliphatic heterocycles. The summed E-state index contributed by atoms with van der Waals surface area (Å²) >= 11 is 0. The maximum atomic E-state index is 9.86. The fourth-order valence-electron chi connectivity index (χ4n) is 1.99. The number of ether oxygens (including phenoxy) is 5. The van der Waals surface area contributed by atoms with Gasteiger partial charge < -0.3 is 28.8 Å². The number of rotatable bonds is 10. The molecule has 0 amide bonds. The van der Waals surface area contributed by atoms with Gasteiger partial charge in [-0.3, -0.25) is 0 Å². The summed E-state index contributed by atoms with van der Waals surface area (Å²) in [5.41, 5.74) is 0. The minimum Gasteiger partial charge on any atom is -0.504 e. The van der Waals surface area contributed by atoms with Crippen LogP contribution in [0.25, 0.3) is 0 Å². The van der Waals surface area contributed by atoms with Crippen molar-refractivity contribution >= 4 is 0 Å². The van der Waals surface area contributed by atoms with Gasteiger partial charge >= 0.3 is 0 Å². The molecule has 1 unspecified atom stereocenters. The summed E-state index contributed by atoms with van der Waals surface area (Å²) in [7, 11) is 0. The molecule has 1 aliphatic rings. The van der Waals surface area contributed by atoms with E-state index in [1.54, 1.807) is 13.0 Å². The molecule has 2 rings (SSSR count). The fraction of sp³-hybridized carbons (Fsp3) is 0.625. The highest BCUT2D eigenvalue weighted by Crippen LogP contribution is 2.42. The van der Waals surface area contributed by atoms with Crippen LogP contribution in [0, 0.1) is 0 Å². The molecule has 1 atom stereocenters. The molecule has 0 fully saturated rings. The van der Waals surface area contributed by atoms with Crippen molar-refractivity contribution in [2.45, 2.75) is 33.0 Å². The minimum atomic E-state index is -0.347. The van der Waals surface area contributed by atoms with Crippen molar-refractivity contribution in [2.75, 3.05) is 33.0 Å². The van der Waals surface area contributed by atoms with Crippen LogP contribution in [0.4, 0.5) is 0 Å². The van der Waals surface area contributed by atoms with E-state index in [-0.39, 0.29) is 12.0 Å². The summed E-state index contributed by atoms with van der Waals surface area (Å²) in [5.74, 6) is 1.49. The second kappa shape index (κ2) is 8.70. The predicted octanol–water partition coefficient (Wildman–Crippen LogP) is 2.72.